The molecule has 2 heteroatoms. The molecule has 17 heavy (non-hydrogen) atoms. The summed E-state index contributed by atoms with van der Waals surface area (Å²) in [6.45, 7) is 3.89. The van der Waals surface area contributed by atoms with Crippen molar-refractivity contribution < 1.29 is 4.57 Å². The van der Waals surface area contributed by atoms with Gasteiger partial charge in [-0.15, -0.1) is 4.57 Å². The number of nitrogens with zero attached hydrogens (tertiary/aromatic N) is 1. The second kappa shape index (κ2) is 4.15. The minimum absolute atomic E-state index is 1.12. The summed E-state index contributed by atoms with van der Waals surface area (Å²) in [6.07, 6.45) is 1.90. The molecule has 0 bridgehead atoms. The van der Waals surface area contributed by atoms with Gasteiger partial charge >= 0.3 is 0 Å². The van der Waals surface area contributed by atoms with Gasteiger partial charge in [-0.2, -0.15) is 0 Å². The van der Waals surface area contributed by atoms with Crippen LogP contribution in [0.15, 0.2) is 60.5 Å². The molecule has 0 amide bonds. The van der Waals surface area contributed by atoms with Crippen LogP contribution in [-0.4, -0.2) is 0 Å². The maximum atomic E-state index is 3.89. The van der Waals surface area contributed by atoms with Crippen molar-refractivity contribution in [3.8, 4) is 5.00 Å². The zero-order valence-corrected chi connectivity index (χ0v) is 10.2. The van der Waals surface area contributed by atoms with E-state index in [-0.39, 0.29) is 0 Å². The molecule has 0 unspecified atom stereocenters. The van der Waals surface area contributed by atoms with Gasteiger partial charge in [-0.3, -0.25) is 0 Å². The van der Waals surface area contributed by atoms with Crippen LogP contribution in [-0.2, 0) is 0 Å². The van der Waals surface area contributed by atoms with Crippen LogP contribution < -0.4 is 4.57 Å². The summed E-state index contributed by atoms with van der Waals surface area (Å²) in [5.41, 5.74) is 2.33. The Balaban J connectivity index is 2.43. The monoisotopic (exact) mass is 238 g/mol. The lowest BCUT2D eigenvalue weighted by Crippen LogP contribution is -2.33. The average molecular weight is 238 g/mol. The maximum absolute atomic E-state index is 3.89. The first-order valence-corrected chi connectivity index (χ1v) is 6.38. The Hall–Kier alpha value is -1.93. The van der Waals surface area contributed by atoms with Crippen LogP contribution in [0.2, 0.25) is 0 Å². The highest BCUT2D eigenvalue weighted by Crippen LogP contribution is 2.17. The topological polar surface area (TPSA) is 3.88 Å². The summed E-state index contributed by atoms with van der Waals surface area (Å²) in [4.78, 5) is 0. The summed E-state index contributed by atoms with van der Waals surface area (Å²) in [6, 6.07) is 16.8. The van der Waals surface area contributed by atoms with E-state index in [1.54, 1.807) is 11.3 Å². The molecule has 2 aromatic heterocycles. The Morgan fingerprint density at radius 3 is 2.65 bits per heavy atom. The van der Waals surface area contributed by atoms with E-state index in [2.05, 4.69) is 65.1 Å². The van der Waals surface area contributed by atoms with E-state index < -0.39 is 0 Å². The van der Waals surface area contributed by atoms with Crippen molar-refractivity contribution >= 4 is 28.3 Å². The molecule has 82 valence electrons. The minimum atomic E-state index is 1.12. The fraction of sp³-hybridized carbons (Fsp3) is 0. The normalized spacial score (nSPS) is 10.6. The molecule has 0 saturated heterocycles. The number of fused-ring (bicyclic) bond motifs is 1. The number of para-hydroxylation sites is 1. The molecule has 2 heterocycles. The maximum Gasteiger partial charge on any atom is 0.267 e. The van der Waals surface area contributed by atoms with Crippen molar-refractivity contribution in [1.29, 1.82) is 0 Å². The summed E-state index contributed by atoms with van der Waals surface area (Å²) in [7, 11) is 0. The van der Waals surface area contributed by atoms with Gasteiger partial charge in [0, 0.05) is 29.7 Å². The summed E-state index contributed by atoms with van der Waals surface area (Å²) in [5, 5.41) is 4.56. The highest BCUT2D eigenvalue weighted by Gasteiger charge is 2.16. The lowest BCUT2D eigenvalue weighted by molar-refractivity contribution is -0.565. The van der Waals surface area contributed by atoms with Gasteiger partial charge in [0.25, 0.3) is 5.00 Å². The molecular weight excluding hydrogens is 226 g/mol. The Kier molecular flexibility index (Phi) is 2.50. The van der Waals surface area contributed by atoms with Gasteiger partial charge in [0.15, 0.2) is 0 Å². The fourth-order valence-corrected chi connectivity index (χ4v) is 2.79. The molecule has 0 saturated carbocycles. The van der Waals surface area contributed by atoms with Crippen molar-refractivity contribution in [3.63, 3.8) is 0 Å². The minimum Gasteiger partial charge on any atom is -0.144 e. The third-order valence-electron chi connectivity index (χ3n) is 2.81. The smallest absolute Gasteiger partial charge is 0.144 e. The van der Waals surface area contributed by atoms with E-state index >= 15 is 0 Å². The standard InChI is InChI=1S/C15H12NS/c1-2-13-10-9-12-6-3-4-7-14(12)16(13)15-8-5-11-17-15/h2-11H,1H2/q+1. The number of benzene rings is 1. The van der Waals surface area contributed by atoms with Gasteiger partial charge in [0.05, 0.1) is 0 Å². The quantitative estimate of drug-likeness (QED) is 0.597. The third-order valence-corrected chi connectivity index (χ3v) is 3.66. The first-order chi connectivity index (χ1) is 8.40. The van der Waals surface area contributed by atoms with Crippen LogP contribution in [0.5, 0.6) is 0 Å². The van der Waals surface area contributed by atoms with Gasteiger partial charge in [-0.1, -0.05) is 30.0 Å². The molecular formula is C15H12NS+. The summed E-state index contributed by atoms with van der Waals surface area (Å²) in [5.74, 6) is 0. The summed E-state index contributed by atoms with van der Waals surface area (Å²) >= 11 is 1.74. The average Bonchev–Trinajstić information content (AvgIpc) is 2.91. The molecule has 0 fully saturated rings. The van der Waals surface area contributed by atoms with Gasteiger partial charge in [-0.05, 0) is 23.6 Å². The molecule has 0 spiro atoms. The van der Waals surface area contributed by atoms with E-state index in [1.165, 1.54) is 15.9 Å². The Bertz CT molecular complexity index is 668. The van der Waals surface area contributed by atoms with Crippen molar-refractivity contribution in [3.05, 3.63) is 66.2 Å². The zero-order chi connectivity index (χ0) is 11.7. The van der Waals surface area contributed by atoms with E-state index in [1.807, 2.05) is 6.08 Å². The highest BCUT2D eigenvalue weighted by molar-refractivity contribution is 7.12. The third kappa shape index (κ3) is 1.67. The molecule has 0 aliphatic heterocycles. The van der Waals surface area contributed by atoms with Gasteiger partial charge < -0.3 is 0 Å². The highest BCUT2D eigenvalue weighted by atomic mass is 32.1. The molecule has 0 aliphatic rings. The van der Waals surface area contributed by atoms with Crippen molar-refractivity contribution in [2.45, 2.75) is 0 Å². The Morgan fingerprint density at radius 2 is 1.88 bits per heavy atom. The van der Waals surface area contributed by atoms with E-state index in [4.69, 9.17) is 0 Å². The SMILES string of the molecule is C=Cc1ccc2ccccc2[n+]1-c1cccs1. The van der Waals surface area contributed by atoms with Crippen LogP contribution in [0.1, 0.15) is 5.69 Å². The van der Waals surface area contributed by atoms with Crippen LogP contribution in [0.4, 0.5) is 0 Å². The number of rotatable bonds is 2. The number of aromatic nitrogens is 1. The molecule has 0 atom stereocenters. The van der Waals surface area contributed by atoms with Crippen molar-refractivity contribution in [2.75, 3.05) is 0 Å². The molecule has 3 rings (SSSR count). The van der Waals surface area contributed by atoms with Gasteiger partial charge in [0.2, 0.25) is 11.2 Å². The van der Waals surface area contributed by atoms with Crippen molar-refractivity contribution in [1.82, 2.24) is 0 Å². The molecule has 3 aromatic rings. The second-order valence-corrected chi connectivity index (χ2v) is 4.73. The fourth-order valence-electron chi connectivity index (χ4n) is 2.02. The number of thiophene rings is 1. The largest absolute Gasteiger partial charge is 0.267 e. The molecule has 0 radical (unpaired) electrons. The lowest BCUT2D eigenvalue weighted by atomic mass is 10.2. The first kappa shape index (κ1) is 10.2. The van der Waals surface area contributed by atoms with E-state index in [9.17, 15) is 0 Å². The van der Waals surface area contributed by atoms with Crippen molar-refractivity contribution in [2.24, 2.45) is 0 Å². The lowest BCUT2D eigenvalue weighted by Gasteiger charge is -2.01. The van der Waals surface area contributed by atoms with Crippen LogP contribution in [0.3, 0.4) is 0 Å². The Morgan fingerprint density at radius 1 is 1.00 bits per heavy atom. The predicted molar refractivity (Wildman–Crippen MR) is 73.4 cm³/mol. The molecule has 0 aliphatic carbocycles. The Labute approximate surface area is 104 Å². The van der Waals surface area contributed by atoms with E-state index in [0.29, 0.717) is 0 Å². The zero-order valence-electron chi connectivity index (χ0n) is 9.34. The van der Waals surface area contributed by atoms with Gasteiger partial charge in [-0.25, -0.2) is 0 Å². The number of hydrogen-bond donors (Lipinski definition) is 0. The van der Waals surface area contributed by atoms with Gasteiger partial charge in [0.1, 0.15) is 0 Å². The predicted octanol–water partition coefficient (Wildman–Crippen LogP) is 3.82. The number of hydrogen-bond acceptors (Lipinski definition) is 1. The second-order valence-electron chi connectivity index (χ2n) is 3.81. The summed E-state index contributed by atoms with van der Waals surface area (Å²) < 4.78 is 2.24. The molecule has 1 nitrogen and oxygen atoms in total. The van der Waals surface area contributed by atoms with E-state index in [0.717, 1.165) is 5.69 Å². The first-order valence-electron chi connectivity index (χ1n) is 5.50. The van der Waals surface area contributed by atoms with Crippen LogP contribution >= 0.6 is 11.3 Å². The molecule has 1 aromatic carbocycles. The molecule has 0 N–H and O–H groups in total. The van der Waals surface area contributed by atoms with Crippen LogP contribution in [0.25, 0.3) is 22.0 Å². The van der Waals surface area contributed by atoms with Crippen LogP contribution in [0, 0.1) is 0 Å². The number of pyridine rings is 1.